The molecule has 0 fully saturated rings. The summed E-state index contributed by atoms with van der Waals surface area (Å²) in [6.45, 7) is 7.61. The minimum atomic E-state index is -0.474. The number of pyridine rings is 1. The highest BCUT2D eigenvalue weighted by Gasteiger charge is 2.22. The van der Waals surface area contributed by atoms with E-state index in [4.69, 9.17) is 4.74 Å². The Hall–Kier alpha value is -2.30. The third-order valence-electron chi connectivity index (χ3n) is 3.55. The minimum absolute atomic E-state index is 0.0602. The summed E-state index contributed by atoms with van der Waals surface area (Å²) in [5.41, 5.74) is 1.46. The third-order valence-corrected chi connectivity index (χ3v) is 3.55. The largest absolute Gasteiger partial charge is 0.444 e. The van der Waals surface area contributed by atoms with Crippen LogP contribution in [-0.2, 0) is 4.74 Å². The van der Waals surface area contributed by atoms with Crippen molar-refractivity contribution in [1.82, 2.24) is 14.9 Å². The molecule has 1 atom stereocenters. The first-order valence-corrected chi connectivity index (χ1v) is 7.82. The predicted molar refractivity (Wildman–Crippen MR) is 93.2 cm³/mol. The summed E-state index contributed by atoms with van der Waals surface area (Å²) in [7, 11) is 1.76. The molecule has 2 heterocycles. The van der Waals surface area contributed by atoms with Crippen LogP contribution in [0.25, 0.3) is 17.1 Å². The van der Waals surface area contributed by atoms with E-state index in [1.54, 1.807) is 11.9 Å². The highest BCUT2D eigenvalue weighted by molar-refractivity contribution is 5.77. The summed E-state index contributed by atoms with van der Waals surface area (Å²) < 4.78 is 5.37. The molecule has 2 aromatic rings. The number of nitrogens with zero attached hydrogens (tertiary/aromatic N) is 2. The molecule has 0 aliphatic carbocycles. The van der Waals surface area contributed by atoms with Gasteiger partial charge < -0.3 is 14.6 Å². The van der Waals surface area contributed by atoms with Crippen molar-refractivity contribution in [2.75, 3.05) is 7.05 Å². The number of aromatic nitrogens is 2. The number of hydrogen-bond donors (Lipinski definition) is 1. The minimum Gasteiger partial charge on any atom is -0.444 e. The lowest BCUT2D eigenvalue weighted by Gasteiger charge is -2.28. The molecule has 5 nitrogen and oxygen atoms in total. The molecule has 1 unspecified atom stereocenters. The van der Waals surface area contributed by atoms with E-state index < -0.39 is 5.60 Å². The lowest BCUT2D eigenvalue weighted by molar-refractivity contribution is 0.0238. The summed E-state index contributed by atoms with van der Waals surface area (Å²) in [5.74, 6) is 0. The smallest absolute Gasteiger partial charge is 0.410 e. The summed E-state index contributed by atoms with van der Waals surface area (Å²) in [4.78, 5) is 21.1. The van der Waals surface area contributed by atoms with Crippen LogP contribution in [0.3, 0.4) is 0 Å². The van der Waals surface area contributed by atoms with Crippen molar-refractivity contribution in [3.63, 3.8) is 0 Å². The summed E-state index contributed by atoms with van der Waals surface area (Å²) in [6.07, 6.45) is 8.25. The van der Waals surface area contributed by atoms with E-state index >= 15 is 0 Å². The van der Waals surface area contributed by atoms with E-state index in [-0.39, 0.29) is 12.1 Å². The van der Waals surface area contributed by atoms with Crippen molar-refractivity contribution in [1.29, 1.82) is 0 Å². The number of hydrogen-bond acceptors (Lipinski definition) is 3. The fourth-order valence-electron chi connectivity index (χ4n) is 2.12. The van der Waals surface area contributed by atoms with Gasteiger partial charge in [-0.2, -0.15) is 0 Å². The maximum absolute atomic E-state index is 12.0. The van der Waals surface area contributed by atoms with Gasteiger partial charge in [-0.1, -0.05) is 12.2 Å². The monoisotopic (exact) mass is 315 g/mol. The third kappa shape index (κ3) is 4.84. The Morgan fingerprint density at radius 2 is 2.22 bits per heavy atom. The van der Waals surface area contributed by atoms with Gasteiger partial charge in [0.1, 0.15) is 11.2 Å². The molecule has 0 aliphatic rings. The number of carbonyl (C=O) groups is 1. The molecule has 0 saturated carbocycles. The molecular formula is C18H25N3O2. The maximum atomic E-state index is 12.0. The molecule has 0 bridgehead atoms. The van der Waals surface area contributed by atoms with Gasteiger partial charge in [-0.15, -0.1) is 0 Å². The molecule has 1 N–H and O–H groups in total. The Morgan fingerprint density at radius 1 is 1.48 bits per heavy atom. The van der Waals surface area contributed by atoms with Crippen LogP contribution >= 0.6 is 0 Å². The highest BCUT2D eigenvalue weighted by Crippen LogP contribution is 2.15. The van der Waals surface area contributed by atoms with Gasteiger partial charge in [-0.3, -0.25) is 0 Å². The molecule has 0 aromatic carbocycles. The average molecular weight is 315 g/mol. The number of aromatic amines is 1. The number of carbonyl (C=O) groups excluding carboxylic acids is 1. The quantitative estimate of drug-likeness (QED) is 0.919. The average Bonchev–Trinajstić information content (AvgIpc) is 2.92. The van der Waals surface area contributed by atoms with Crippen LogP contribution in [0.1, 0.15) is 39.7 Å². The van der Waals surface area contributed by atoms with Gasteiger partial charge in [0.25, 0.3) is 0 Å². The summed E-state index contributed by atoms with van der Waals surface area (Å²) in [6, 6.07) is 4.14. The summed E-state index contributed by atoms with van der Waals surface area (Å²) >= 11 is 0. The summed E-state index contributed by atoms with van der Waals surface area (Å²) in [5, 5.41) is 1.09. The zero-order valence-corrected chi connectivity index (χ0v) is 14.5. The topological polar surface area (TPSA) is 58.2 Å². The van der Waals surface area contributed by atoms with Crippen molar-refractivity contribution >= 4 is 23.2 Å². The number of ether oxygens (including phenoxy) is 1. The number of H-pyrrole nitrogens is 1. The van der Waals surface area contributed by atoms with Crippen LogP contribution in [0.15, 0.2) is 30.6 Å². The molecule has 5 heteroatoms. The second kappa shape index (κ2) is 6.86. The van der Waals surface area contributed by atoms with E-state index in [9.17, 15) is 4.79 Å². The molecule has 2 aromatic heterocycles. The first-order chi connectivity index (χ1) is 10.8. The van der Waals surface area contributed by atoms with Crippen LogP contribution in [0, 0.1) is 0 Å². The molecule has 23 heavy (non-hydrogen) atoms. The van der Waals surface area contributed by atoms with E-state index in [0.29, 0.717) is 0 Å². The van der Waals surface area contributed by atoms with Crippen molar-refractivity contribution < 1.29 is 9.53 Å². The first kappa shape index (κ1) is 17.1. The Labute approximate surface area is 137 Å². The van der Waals surface area contributed by atoms with Crippen molar-refractivity contribution in [2.24, 2.45) is 0 Å². The lowest BCUT2D eigenvalue weighted by atomic mass is 10.1. The second-order valence-corrected chi connectivity index (χ2v) is 6.76. The van der Waals surface area contributed by atoms with E-state index in [0.717, 1.165) is 23.0 Å². The Morgan fingerprint density at radius 3 is 2.91 bits per heavy atom. The predicted octanol–water partition coefficient (Wildman–Crippen LogP) is 4.22. The molecule has 0 saturated heterocycles. The fraction of sp³-hybridized carbons (Fsp3) is 0.444. The zero-order valence-electron chi connectivity index (χ0n) is 14.5. The van der Waals surface area contributed by atoms with Crippen LogP contribution in [0.5, 0.6) is 0 Å². The highest BCUT2D eigenvalue weighted by atomic mass is 16.6. The van der Waals surface area contributed by atoms with E-state index in [1.165, 1.54) is 0 Å². The van der Waals surface area contributed by atoms with Gasteiger partial charge in [0.15, 0.2) is 0 Å². The molecule has 1 amide bonds. The van der Waals surface area contributed by atoms with Gasteiger partial charge in [0.05, 0.1) is 0 Å². The number of rotatable bonds is 4. The molecule has 0 radical (unpaired) electrons. The first-order valence-electron chi connectivity index (χ1n) is 7.82. The molecular weight excluding hydrogens is 290 g/mol. The van der Waals surface area contributed by atoms with Gasteiger partial charge in [-0.05, 0) is 51.8 Å². The second-order valence-electron chi connectivity index (χ2n) is 6.76. The standard InChI is InChI=1S/C18H25N3O2/c1-13(21(5)17(22)23-18(2,3)4)7-6-8-14-11-15-9-10-19-16(15)20-12-14/h6,8-13H,7H2,1-5H3,(H,19,20). The lowest BCUT2D eigenvalue weighted by Crippen LogP contribution is -2.39. The van der Waals surface area contributed by atoms with Gasteiger partial charge in [0, 0.05) is 30.9 Å². The molecule has 2 rings (SSSR count). The van der Waals surface area contributed by atoms with Gasteiger partial charge >= 0.3 is 6.09 Å². The van der Waals surface area contributed by atoms with Crippen LogP contribution in [0.4, 0.5) is 4.79 Å². The number of fused-ring (bicyclic) bond motifs is 1. The maximum Gasteiger partial charge on any atom is 0.410 e. The fourth-order valence-corrected chi connectivity index (χ4v) is 2.12. The normalized spacial score (nSPS) is 13.4. The zero-order chi connectivity index (χ0) is 17.0. The molecule has 124 valence electrons. The van der Waals surface area contributed by atoms with E-state index in [2.05, 4.69) is 22.1 Å². The number of nitrogens with one attached hydrogen (secondary N) is 1. The molecule has 0 spiro atoms. The van der Waals surface area contributed by atoms with Gasteiger partial charge in [0.2, 0.25) is 0 Å². The molecule has 0 aliphatic heterocycles. The van der Waals surface area contributed by atoms with Crippen LogP contribution in [0.2, 0.25) is 0 Å². The number of amides is 1. The van der Waals surface area contributed by atoms with Crippen molar-refractivity contribution in [3.05, 3.63) is 36.2 Å². The van der Waals surface area contributed by atoms with Crippen molar-refractivity contribution in [2.45, 2.75) is 45.8 Å². The van der Waals surface area contributed by atoms with Crippen molar-refractivity contribution in [3.8, 4) is 0 Å². The van der Waals surface area contributed by atoms with Gasteiger partial charge in [-0.25, -0.2) is 9.78 Å². The van der Waals surface area contributed by atoms with E-state index in [1.807, 2.05) is 52.2 Å². The van der Waals surface area contributed by atoms with Crippen LogP contribution in [-0.4, -0.2) is 39.7 Å². The Bertz CT molecular complexity index is 698. The Balaban J connectivity index is 1.92. The Kier molecular flexibility index (Phi) is 5.08. The van der Waals surface area contributed by atoms with Crippen LogP contribution < -0.4 is 0 Å². The SMILES string of the molecule is CC(CC=Cc1cnc2[nH]ccc2c1)N(C)C(=O)OC(C)(C)C.